The molecule has 3 rings (SSSR count). The summed E-state index contributed by atoms with van der Waals surface area (Å²) < 4.78 is 0. The smallest absolute Gasteiger partial charge is 0.240 e. The molecule has 1 aromatic carbocycles. The number of primary amides is 2. The summed E-state index contributed by atoms with van der Waals surface area (Å²) in [7, 11) is 7.50. The van der Waals surface area contributed by atoms with Gasteiger partial charge in [-0.05, 0) is 97.5 Å². The van der Waals surface area contributed by atoms with Gasteiger partial charge in [0.05, 0.1) is 0 Å². The first-order chi connectivity index (χ1) is 15.7. The minimum atomic E-state index is -1.21. The summed E-state index contributed by atoms with van der Waals surface area (Å²) in [5.41, 5.74) is 11.4. The van der Waals surface area contributed by atoms with Crippen molar-refractivity contribution in [1.82, 2.24) is 20.0 Å². The quantitative estimate of drug-likeness (QED) is 0.497. The van der Waals surface area contributed by atoms with E-state index in [4.69, 9.17) is 11.5 Å². The second kappa shape index (κ2) is 10.5. The highest BCUT2D eigenvalue weighted by molar-refractivity contribution is 5.98. The first kappa shape index (κ1) is 25.6. The fourth-order valence-corrected chi connectivity index (χ4v) is 6.84. The van der Waals surface area contributed by atoms with Gasteiger partial charge in [0, 0.05) is 6.54 Å². The van der Waals surface area contributed by atoms with Crippen molar-refractivity contribution < 1.29 is 9.59 Å². The van der Waals surface area contributed by atoms with Crippen molar-refractivity contribution in [2.24, 2.45) is 23.3 Å². The molecule has 2 fully saturated rings. The second-order valence-corrected chi connectivity index (χ2v) is 10.1. The maximum atomic E-state index is 13.5. The van der Waals surface area contributed by atoms with E-state index in [-0.39, 0.29) is 11.8 Å². The van der Waals surface area contributed by atoms with Crippen LogP contribution in [0.15, 0.2) is 30.3 Å². The average molecular weight is 459 g/mol. The van der Waals surface area contributed by atoms with Gasteiger partial charge in [-0.25, -0.2) is 0 Å². The first-order valence-corrected chi connectivity index (χ1v) is 12.1. The van der Waals surface area contributed by atoms with E-state index in [1.54, 1.807) is 0 Å². The van der Waals surface area contributed by atoms with Crippen molar-refractivity contribution in [1.29, 1.82) is 0 Å². The number of benzene rings is 1. The van der Waals surface area contributed by atoms with E-state index >= 15 is 0 Å². The van der Waals surface area contributed by atoms with Gasteiger partial charge in [0.15, 0.2) is 0 Å². The summed E-state index contributed by atoms with van der Waals surface area (Å²) in [4.78, 5) is 33.2. The van der Waals surface area contributed by atoms with E-state index in [0.717, 1.165) is 58.4 Å². The number of carbonyl (C=O) groups is 2. The van der Waals surface area contributed by atoms with E-state index in [0.29, 0.717) is 0 Å². The fraction of sp³-hybridized carbons (Fsp3) is 0.680. The number of nitrogens with one attached hydrogen (secondary N) is 1. The molecular formula is C25H42N6O2. The van der Waals surface area contributed by atoms with Crippen LogP contribution in [0.1, 0.15) is 31.2 Å². The van der Waals surface area contributed by atoms with Crippen LogP contribution in [0, 0.1) is 11.8 Å². The van der Waals surface area contributed by atoms with Crippen LogP contribution >= 0.6 is 0 Å². The van der Waals surface area contributed by atoms with Crippen LogP contribution in [0.3, 0.4) is 0 Å². The molecule has 0 aromatic heterocycles. The fourth-order valence-electron chi connectivity index (χ4n) is 6.84. The van der Waals surface area contributed by atoms with Crippen LogP contribution in [0.2, 0.25) is 0 Å². The maximum absolute atomic E-state index is 13.5. The molecule has 184 valence electrons. The number of likely N-dealkylation sites (tertiary alicyclic amines) is 1. The van der Waals surface area contributed by atoms with E-state index in [9.17, 15) is 9.59 Å². The molecule has 5 N–H and O–H groups in total. The van der Waals surface area contributed by atoms with Gasteiger partial charge in [-0.1, -0.05) is 30.3 Å². The van der Waals surface area contributed by atoms with Gasteiger partial charge < -0.3 is 16.8 Å². The number of amides is 2. The molecule has 8 nitrogen and oxygen atoms in total. The molecule has 2 unspecified atom stereocenters. The molecule has 0 radical (unpaired) electrons. The number of hydrogen-bond acceptors (Lipinski definition) is 6. The SMILES string of the molecule is CN(C)C(C(N)=O)(C1CCNCC1)C(C(N)=O)(C1CCN(Cc2ccccc2)CC1)N(C)C. The zero-order valence-corrected chi connectivity index (χ0v) is 20.7. The lowest BCUT2D eigenvalue weighted by Crippen LogP contribution is -2.83. The lowest BCUT2D eigenvalue weighted by molar-refractivity contribution is -0.170. The Hall–Kier alpha value is -2.00. The minimum Gasteiger partial charge on any atom is -0.368 e. The first-order valence-electron chi connectivity index (χ1n) is 12.1. The molecule has 0 aliphatic carbocycles. The van der Waals surface area contributed by atoms with E-state index < -0.39 is 22.9 Å². The lowest BCUT2D eigenvalue weighted by atomic mass is 9.56. The Morgan fingerprint density at radius 1 is 0.879 bits per heavy atom. The molecule has 1 aromatic rings. The Morgan fingerprint density at radius 2 is 1.33 bits per heavy atom. The number of nitrogens with two attached hydrogens (primary N) is 2. The molecule has 2 aliphatic rings. The highest BCUT2D eigenvalue weighted by Gasteiger charge is 2.68. The zero-order valence-electron chi connectivity index (χ0n) is 20.7. The summed E-state index contributed by atoms with van der Waals surface area (Å²) >= 11 is 0. The third-order valence-electron chi connectivity index (χ3n) is 8.10. The van der Waals surface area contributed by atoms with Crippen molar-refractivity contribution in [3.05, 3.63) is 35.9 Å². The van der Waals surface area contributed by atoms with E-state index in [1.807, 2.05) is 44.1 Å². The van der Waals surface area contributed by atoms with Crippen molar-refractivity contribution >= 4 is 11.8 Å². The molecular weight excluding hydrogens is 416 g/mol. The van der Waals surface area contributed by atoms with Gasteiger partial charge in [0.1, 0.15) is 11.1 Å². The van der Waals surface area contributed by atoms with Crippen LogP contribution in [0.5, 0.6) is 0 Å². The minimum absolute atomic E-state index is 0.0662. The largest absolute Gasteiger partial charge is 0.368 e. The second-order valence-electron chi connectivity index (χ2n) is 10.1. The number of carbonyl (C=O) groups excluding carboxylic acids is 2. The highest BCUT2D eigenvalue weighted by atomic mass is 16.2. The van der Waals surface area contributed by atoms with Crippen LogP contribution in [0.4, 0.5) is 0 Å². The van der Waals surface area contributed by atoms with Crippen molar-refractivity contribution in [2.45, 2.75) is 43.3 Å². The molecule has 2 saturated heterocycles. The number of piperidine rings is 2. The molecule has 0 saturated carbocycles. The molecule has 0 bridgehead atoms. The summed E-state index contributed by atoms with van der Waals surface area (Å²) in [5, 5.41) is 3.38. The predicted octanol–water partition coefficient (Wildman–Crippen LogP) is 0.470. The van der Waals surface area contributed by atoms with Gasteiger partial charge in [-0.2, -0.15) is 0 Å². The topological polar surface area (TPSA) is 108 Å². The number of nitrogens with zero attached hydrogens (tertiary/aromatic N) is 3. The highest BCUT2D eigenvalue weighted by Crippen LogP contribution is 2.48. The van der Waals surface area contributed by atoms with Gasteiger partial charge in [-0.15, -0.1) is 0 Å². The van der Waals surface area contributed by atoms with Gasteiger partial charge in [0.25, 0.3) is 0 Å². The standard InChI is InChI=1S/C25H42N6O2/c1-29(2)24(22(26)32,20-10-14-28-15-11-20)25(23(27)33,30(3)4)21-12-16-31(17-13-21)18-19-8-6-5-7-9-19/h5-9,20-21,28H,10-18H2,1-4H3,(H2,26,32)(H2,27,33). The molecule has 2 atom stereocenters. The average Bonchev–Trinajstić information content (AvgIpc) is 2.78. The number of likely N-dealkylation sites (N-methyl/N-ethyl adjacent to an activating group) is 2. The normalized spacial score (nSPS) is 22.7. The summed E-state index contributed by atoms with van der Waals surface area (Å²) in [6, 6.07) is 10.4. The molecule has 33 heavy (non-hydrogen) atoms. The Morgan fingerprint density at radius 3 is 1.76 bits per heavy atom. The monoisotopic (exact) mass is 458 g/mol. The Labute approximate surface area is 198 Å². The molecule has 8 heteroatoms. The summed E-state index contributed by atoms with van der Waals surface area (Å²) in [5.74, 6) is -1.07. The van der Waals surface area contributed by atoms with Gasteiger partial charge in [-0.3, -0.25) is 24.3 Å². The summed E-state index contributed by atoms with van der Waals surface area (Å²) in [6.45, 7) is 4.16. The third-order valence-corrected chi connectivity index (χ3v) is 8.10. The van der Waals surface area contributed by atoms with E-state index in [1.165, 1.54) is 5.56 Å². The Balaban J connectivity index is 1.99. The maximum Gasteiger partial charge on any atom is 0.240 e. The van der Waals surface area contributed by atoms with Crippen molar-refractivity contribution in [3.8, 4) is 0 Å². The molecule has 0 spiro atoms. The van der Waals surface area contributed by atoms with Gasteiger partial charge >= 0.3 is 0 Å². The lowest BCUT2D eigenvalue weighted by Gasteiger charge is -2.61. The Bertz CT molecular complexity index is 802. The number of hydrogen-bond donors (Lipinski definition) is 3. The van der Waals surface area contributed by atoms with Crippen LogP contribution < -0.4 is 16.8 Å². The molecule has 2 aliphatic heterocycles. The van der Waals surface area contributed by atoms with Crippen LogP contribution in [-0.4, -0.2) is 92.0 Å². The zero-order chi connectivity index (χ0) is 24.2. The van der Waals surface area contributed by atoms with Crippen molar-refractivity contribution in [2.75, 3.05) is 54.4 Å². The van der Waals surface area contributed by atoms with Crippen LogP contribution in [-0.2, 0) is 16.1 Å². The van der Waals surface area contributed by atoms with Crippen molar-refractivity contribution in [3.63, 3.8) is 0 Å². The predicted molar refractivity (Wildman–Crippen MR) is 131 cm³/mol. The third kappa shape index (κ3) is 4.41. The molecule has 2 heterocycles. The van der Waals surface area contributed by atoms with Crippen LogP contribution in [0.25, 0.3) is 0 Å². The number of rotatable bonds is 9. The molecule has 2 amide bonds. The van der Waals surface area contributed by atoms with E-state index in [2.05, 4.69) is 34.5 Å². The summed E-state index contributed by atoms with van der Waals surface area (Å²) in [6.07, 6.45) is 3.11. The Kier molecular flexibility index (Phi) is 8.16. The van der Waals surface area contributed by atoms with Gasteiger partial charge in [0.2, 0.25) is 11.8 Å².